The Morgan fingerprint density at radius 2 is 2.12 bits per heavy atom. The molecule has 0 unspecified atom stereocenters. The number of rotatable bonds is 3. The Labute approximate surface area is 157 Å². The second-order valence-corrected chi connectivity index (χ2v) is 8.20. The maximum Gasteiger partial charge on any atom is 0.410 e. The van der Waals surface area contributed by atoms with Gasteiger partial charge in [0.1, 0.15) is 5.60 Å². The lowest BCUT2D eigenvalue weighted by Crippen LogP contribution is -2.36. The summed E-state index contributed by atoms with van der Waals surface area (Å²) in [5, 5.41) is 7.90. The first-order valence-electron chi connectivity index (χ1n) is 8.79. The molecule has 3 rings (SSSR count). The van der Waals surface area contributed by atoms with E-state index in [0.717, 1.165) is 12.0 Å². The maximum atomic E-state index is 12.2. The van der Waals surface area contributed by atoms with Crippen molar-refractivity contribution >= 4 is 29.3 Å². The highest BCUT2D eigenvalue weighted by Crippen LogP contribution is 2.23. The smallest absolute Gasteiger partial charge is 0.410 e. The number of hydrogen-bond acceptors (Lipinski definition) is 6. The third-order valence-electron chi connectivity index (χ3n) is 4.16. The van der Waals surface area contributed by atoms with E-state index in [2.05, 4.69) is 34.2 Å². The molecule has 1 fully saturated rings. The molecule has 1 atom stereocenters. The monoisotopic (exact) mass is 380 g/mol. The number of fused-ring (bicyclic) bond motifs is 1. The first kappa shape index (κ1) is 18.7. The molecule has 0 bridgehead atoms. The number of halogens is 1. The Morgan fingerprint density at radius 1 is 1.38 bits per heavy atom. The minimum atomic E-state index is -0.503. The normalized spacial score (nSPS) is 18.0. The van der Waals surface area contributed by atoms with Gasteiger partial charge in [0.25, 0.3) is 0 Å². The number of aromatic nitrogens is 4. The second-order valence-electron chi connectivity index (χ2n) is 7.86. The van der Waals surface area contributed by atoms with Gasteiger partial charge >= 0.3 is 6.09 Å². The summed E-state index contributed by atoms with van der Waals surface area (Å²) in [7, 11) is 0. The molecule has 8 nitrogen and oxygen atoms in total. The molecule has 1 N–H and O–H groups in total. The number of amides is 1. The zero-order valence-electron chi connectivity index (χ0n) is 15.8. The molecule has 0 aliphatic carbocycles. The summed E-state index contributed by atoms with van der Waals surface area (Å²) in [6, 6.07) is 0.0448. The standard InChI is InChI=1S/C17H25ClN6O2/c1-10(2)12-8-19-24-13(12)21-14(18)22-15(24)20-11-6-7-23(9-11)16(25)26-17(3,4)5/h8,10-11H,6-7,9H2,1-5H3,(H,20,21,22)/t11-/m0/s1. The number of hydrogen-bond donors (Lipinski definition) is 1. The van der Waals surface area contributed by atoms with Gasteiger partial charge < -0.3 is 15.0 Å². The van der Waals surface area contributed by atoms with E-state index < -0.39 is 5.60 Å². The highest BCUT2D eigenvalue weighted by Gasteiger charge is 2.30. The van der Waals surface area contributed by atoms with Crippen LogP contribution in [0.4, 0.5) is 10.7 Å². The number of carbonyl (C=O) groups excluding carboxylic acids is 1. The minimum absolute atomic E-state index is 0.0448. The topological polar surface area (TPSA) is 84.7 Å². The third-order valence-corrected chi connectivity index (χ3v) is 4.33. The van der Waals surface area contributed by atoms with Crippen LogP contribution in [0.15, 0.2) is 6.20 Å². The van der Waals surface area contributed by atoms with Crippen molar-refractivity contribution in [2.24, 2.45) is 0 Å². The van der Waals surface area contributed by atoms with Crippen LogP contribution in [0.25, 0.3) is 5.65 Å². The zero-order valence-corrected chi connectivity index (χ0v) is 16.5. The van der Waals surface area contributed by atoms with E-state index in [1.54, 1.807) is 15.6 Å². The molecule has 2 aromatic rings. The first-order chi connectivity index (χ1) is 12.1. The van der Waals surface area contributed by atoms with Gasteiger partial charge in [-0.05, 0) is 44.7 Å². The average Bonchev–Trinajstić information content (AvgIpc) is 3.11. The minimum Gasteiger partial charge on any atom is -0.444 e. The quantitative estimate of drug-likeness (QED) is 0.879. The largest absolute Gasteiger partial charge is 0.444 e. The molecular formula is C17H25ClN6O2. The molecule has 3 heterocycles. The number of likely N-dealkylation sites (tertiary alicyclic amines) is 1. The summed E-state index contributed by atoms with van der Waals surface area (Å²) in [6.07, 6.45) is 2.28. The summed E-state index contributed by atoms with van der Waals surface area (Å²) in [4.78, 5) is 22.5. The van der Waals surface area contributed by atoms with Crippen LogP contribution in [0.5, 0.6) is 0 Å². The van der Waals surface area contributed by atoms with Crippen molar-refractivity contribution in [3.8, 4) is 0 Å². The van der Waals surface area contributed by atoms with Crippen LogP contribution < -0.4 is 5.32 Å². The molecule has 1 aliphatic heterocycles. The third kappa shape index (κ3) is 4.00. The number of ether oxygens (including phenoxy) is 1. The van der Waals surface area contributed by atoms with Crippen LogP contribution in [0.3, 0.4) is 0 Å². The molecule has 142 valence electrons. The van der Waals surface area contributed by atoms with Crippen molar-refractivity contribution in [3.05, 3.63) is 17.0 Å². The lowest BCUT2D eigenvalue weighted by molar-refractivity contribution is 0.0293. The van der Waals surface area contributed by atoms with Gasteiger partial charge in [0.05, 0.1) is 6.20 Å². The molecule has 2 aromatic heterocycles. The van der Waals surface area contributed by atoms with Gasteiger partial charge in [-0.2, -0.15) is 19.6 Å². The predicted octanol–water partition coefficient (Wildman–Crippen LogP) is 3.32. The van der Waals surface area contributed by atoms with Crippen molar-refractivity contribution < 1.29 is 9.53 Å². The molecule has 0 aromatic carbocycles. The lowest BCUT2D eigenvalue weighted by Gasteiger charge is -2.24. The highest BCUT2D eigenvalue weighted by atomic mass is 35.5. The number of nitrogens with zero attached hydrogens (tertiary/aromatic N) is 5. The van der Waals surface area contributed by atoms with Gasteiger partial charge in [0.15, 0.2) is 5.65 Å². The van der Waals surface area contributed by atoms with E-state index in [1.165, 1.54) is 0 Å². The van der Waals surface area contributed by atoms with E-state index in [1.807, 2.05) is 20.8 Å². The molecule has 26 heavy (non-hydrogen) atoms. The van der Waals surface area contributed by atoms with E-state index in [9.17, 15) is 4.79 Å². The molecule has 0 spiro atoms. The predicted molar refractivity (Wildman–Crippen MR) is 99.7 cm³/mol. The molecule has 1 amide bonds. The van der Waals surface area contributed by atoms with Crippen LogP contribution in [0.1, 0.15) is 52.5 Å². The first-order valence-corrected chi connectivity index (χ1v) is 9.17. The SMILES string of the molecule is CC(C)c1cnn2c(N[C@H]3CCN(C(=O)OC(C)(C)C)C3)nc(Cl)nc12. The number of nitrogens with one attached hydrogen (secondary N) is 1. The highest BCUT2D eigenvalue weighted by molar-refractivity contribution is 6.28. The van der Waals surface area contributed by atoms with E-state index in [-0.39, 0.29) is 23.3 Å². The molecule has 1 aliphatic rings. The summed E-state index contributed by atoms with van der Waals surface area (Å²) < 4.78 is 7.10. The molecule has 0 saturated carbocycles. The van der Waals surface area contributed by atoms with E-state index in [0.29, 0.717) is 24.7 Å². The van der Waals surface area contributed by atoms with Crippen molar-refractivity contribution in [3.63, 3.8) is 0 Å². The average molecular weight is 381 g/mol. The Kier molecular flexibility index (Phi) is 4.96. The second kappa shape index (κ2) is 6.90. The summed E-state index contributed by atoms with van der Waals surface area (Å²) >= 11 is 6.11. The van der Waals surface area contributed by atoms with Crippen LogP contribution >= 0.6 is 11.6 Å². The fourth-order valence-corrected chi connectivity index (χ4v) is 3.08. The van der Waals surface area contributed by atoms with Gasteiger partial charge in [-0.1, -0.05) is 13.8 Å². The molecule has 0 radical (unpaired) electrons. The van der Waals surface area contributed by atoms with Crippen molar-refractivity contribution in [2.75, 3.05) is 18.4 Å². The fourth-order valence-electron chi connectivity index (χ4n) is 2.92. The molecule has 9 heteroatoms. The Hall–Kier alpha value is -2.09. The Bertz CT molecular complexity index is 813. The van der Waals surface area contributed by atoms with Gasteiger partial charge in [-0.3, -0.25) is 0 Å². The number of anilines is 1. The van der Waals surface area contributed by atoms with Gasteiger partial charge in [-0.25, -0.2) is 4.79 Å². The van der Waals surface area contributed by atoms with Crippen LogP contribution in [0.2, 0.25) is 5.28 Å². The van der Waals surface area contributed by atoms with Crippen LogP contribution in [-0.2, 0) is 4.74 Å². The van der Waals surface area contributed by atoms with E-state index in [4.69, 9.17) is 16.3 Å². The zero-order chi connectivity index (χ0) is 19.1. The summed E-state index contributed by atoms with van der Waals surface area (Å²) in [6.45, 7) is 10.9. The van der Waals surface area contributed by atoms with Crippen LogP contribution in [0, 0.1) is 0 Å². The van der Waals surface area contributed by atoms with Crippen molar-refractivity contribution in [1.82, 2.24) is 24.5 Å². The van der Waals surface area contributed by atoms with Gasteiger partial charge in [0, 0.05) is 24.7 Å². The number of carbonyl (C=O) groups is 1. The summed E-state index contributed by atoms with van der Waals surface area (Å²) in [5.41, 5.74) is 1.21. The van der Waals surface area contributed by atoms with Crippen molar-refractivity contribution in [2.45, 2.75) is 58.6 Å². The fraction of sp³-hybridized carbons (Fsp3) is 0.647. The Morgan fingerprint density at radius 3 is 2.77 bits per heavy atom. The summed E-state index contributed by atoms with van der Waals surface area (Å²) in [5.74, 6) is 0.809. The molecule has 1 saturated heterocycles. The Balaban J connectivity index is 1.75. The van der Waals surface area contributed by atoms with Crippen molar-refractivity contribution in [1.29, 1.82) is 0 Å². The van der Waals surface area contributed by atoms with Gasteiger partial charge in [-0.15, -0.1) is 0 Å². The molecular weight excluding hydrogens is 356 g/mol. The lowest BCUT2D eigenvalue weighted by atomic mass is 10.1. The van der Waals surface area contributed by atoms with Crippen LogP contribution in [-0.4, -0.2) is 55.3 Å². The van der Waals surface area contributed by atoms with E-state index >= 15 is 0 Å². The maximum absolute atomic E-state index is 12.2. The van der Waals surface area contributed by atoms with Gasteiger partial charge in [0.2, 0.25) is 11.2 Å².